The van der Waals surface area contributed by atoms with Gasteiger partial charge in [-0.1, -0.05) is 13.3 Å². The summed E-state index contributed by atoms with van der Waals surface area (Å²) in [6, 6.07) is 2.01. The molecule has 0 radical (unpaired) electrons. The minimum atomic E-state index is -1.16. The van der Waals surface area contributed by atoms with E-state index in [1.54, 1.807) is 6.92 Å². The quantitative estimate of drug-likeness (QED) is 0.744. The van der Waals surface area contributed by atoms with Gasteiger partial charge in [0.05, 0.1) is 5.56 Å². The van der Waals surface area contributed by atoms with Crippen molar-refractivity contribution in [3.63, 3.8) is 0 Å². The maximum Gasteiger partial charge on any atom is 0.326 e. The number of carbonyl (C=O) groups excluding carboxylic acids is 1. The number of phenolic OH excluding ortho intramolecular Hbond substituents is 1. The Bertz CT molecular complexity index is 461. The molecule has 1 atom stereocenters. The van der Waals surface area contributed by atoms with Gasteiger partial charge in [0.1, 0.15) is 17.6 Å². The molecule has 3 N–H and O–H groups in total. The molecule has 0 unspecified atom stereocenters. The second-order valence-electron chi connectivity index (χ2n) is 3.82. The molecule has 1 aromatic rings. The summed E-state index contributed by atoms with van der Waals surface area (Å²) in [4.78, 5) is 22.5. The average Bonchev–Trinajstić information content (AvgIpc) is 2.27. The molecule has 0 aliphatic rings. The Morgan fingerprint density at radius 2 is 2.11 bits per heavy atom. The second kappa shape index (κ2) is 6.00. The van der Waals surface area contributed by atoms with E-state index in [4.69, 9.17) is 10.2 Å². The molecule has 6 heteroatoms. The van der Waals surface area contributed by atoms with Crippen molar-refractivity contribution in [1.29, 1.82) is 0 Å². The zero-order valence-corrected chi connectivity index (χ0v) is 9.81. The SMILES string of the molecule is CCC[C@@H](NC(=O)c1ccc(O)cc1F)C(=O)O. The number of carboxylic acid groups (broad SMARTS) is 1. The van der Waals surface area contributed by atoms with Crippen molar-refractivity contribution >= 4 is 11.9 Å². The van der Waals surface area contributed by atoms with Crippen molar-refractivity contribution in [3.8, 4) is 5.75 Å². The van der Waals surface area contributed by atoms with E-state index in [0.717, 1.165) is 18.2 Å². The summed E-state index contributed by atoms with van der Waals surface area (Å²) in [5, 5.41) is 20.1. The van der Waals surface area contributed by atoms with Crippen LogP contribution in [0.5, 0.6) is 5.75 Å². The minimum absolute atomic E-state index is 0.265. The Labute approximate surface area is 103 Å². The number of halogens is 1. The van der Waals surface area contributed by atoms with Crippen molar-refractivity contribution in [2.75, 3.05) is 0 Å². The number of hydrogen-bond acceptors (Lipinski definition) is 3. The first kappa shape index (κ1) is 14.0. The standard InChI is InChI=1S/C12H14FNO4/c1-2-3-10(12(17)18)14-11(16)8-5-4-7(15)6-9(8)13/h4-6,10,15H,2-3H2,1H3,(H,14,16)(H,17,18)/t10-/m1/s1. The van der Waals surface area contributed by atoms with Gasteiger partial charge in [0.25, 0.3) is 5.91 Å². The molecule has 98 valence electrons. The summed E-state index contributed by atoms with van der Waals surface area (Å²) in [6.07, 6.45) is 0.843. The monoisotopic (exact) mass is 255 g/mol. The average molecular weight is 255 g/mol. The summed E-state index contributed by atoms with van der Waals surface area (Å²) < 4.78 is 13.4. The first-order valence-corrected chi connectivity index (χ1v) is 5.48. The highest BCUT2D eigenvalue weighted by molar-refractivity contribution is 5.96. The van der Waals surface area contributed by atoms with Crippen LogP contribution < -0.4 is 5.32 Å². The predicted octanol–water partition coefficient (Wildman–Crippen LogP) is 1.51. The molecular formula is C12H14FNO4. The molecule has 0 aromatic heterocycles. The molecule has 1 amide bonds. The van der Waals surface area contributed by atoms with Crippen LogP contribution in [0.3, 0.4) is 0 Å². The lowest BCUT2D eigenvalue weighted by molar-refractivity contribution is -0.139. The van der Waals surface area contributed by atoms with Crippen LogP contribution >= 0.6 is 0 Å². The number of nitrogens with one attached hydrogen (secondary N) is 1. The van der Waals surface area contributed by atoms with E-state index >= 15 is 0 Å². The third-order valence-corrected chi connectivity index (χ3v) is 2.38. The molecule has 0 fully saturated rings. The van der Waals surface area contributed by atoms with Gasteiger partial charge in [0.15, 0.2) is 0 Å². The van der Waals surface area contributed by atoms with Gasteiger partial charge in [0.2, 0.25) is 0 Å². The molecule has 5 nitrogen and oxygen atoms in total. The summed E-state index contributed by atoms with van der Waals surface area (Å²) in [7, 11) is 0. The molecule has 0 bridgehead atoms. The molecular weight excluding hydrogens is 241 g/mol. The zero-order valence-electron chi connectivity index (χ0n) is 9.81. The van der Waals surface area contributed by atoms with Gasteiger partial charge in [0, 0.05) is 6.07 Å². The molecule has 0 heterocycles. The number of amides is 1. The number of hydrogen-bond donors (Lipinski definition) is 3. The number of aromatic hydroxyl groups is 1. The van der Waals surface area contributed by atoms with Crippen molar-refractivity contribution < 1.29 is 24.2 Å². The number of carboxylic acids is 1. The smallest absolute Gasteiger partial charge is 0.326 e. The van der Waals surface area contributed by atoms with E-state index in [9.17, 15) is 14.0 Å². The van der Waals surface area contributed by atoms with Gasteiger partial charge in [-0.05, 0) is 18.6 Å². The fourth-order valence-corrected chi connectivity index (χ4v) is 1.47. The van der Waals surface area contributed by atoms with E-state index < -0.39 is 23.7 Å². The molecule has 0 spiro atoms. The Morgan fingerprint density at radius 1 is 1.44 bits per heavy atom. The van der Waals surface area contributed by atoms with Crippen molar-refractivity contribution in [3.05, 3.63) is 29.6 Å². The van der Waals surface area contributed by atoms with Crippen LogP contribution in [-0.2, 0) is 4.79 Å². The highest BCUT2D eigenvalue weighted by atomic mass is 19.1. The fraction of sp³-hybridized carbons (Fsp3) is 0.333. The first-order valence-electron chi connectivity index (χ1n) is 5.48. The molecule has 1 aromatic carbocycles. The van der Waals surface area contributed by atoms with Gasteiger partial charge < -0.3 is 15.5 Å². The van der Waals surface area contributed by atoms with Gasteiger partial charge >= 0.3 is 5.97 Å². The van der Waals surface area contributed by atoms with E-state index in [1.165, 1.54) is 0 Å². The van der Waals surface area contributed by atoms with Gasteiger partial charge in [-0.25, -0.2) is 9.18 Å². The van der Waals surface area contributed by atoms with Crippen LogP contribution in [0.1, 0.15) is 30.1 Å². The molecule has 0 aliphatic carbocycles. The molecule has 1 rings (SSSR count). The molecule has 0 saturated heterocycles. The molecule has 0 aliphatic heterocycles. The second-order valence-corrected chi connectivity index (χ2v) is 3.82. The van der Waals surface area contributed by atoms with Gasteiger partial charge in [-0.15, -0.1) is 0 Å². The minimum Gasteiger partial charge on any atom is -0.508 e. The predicted molar refractivity (Wildman–Crippen MR) is 61.9 cm³/mol. The summed E-state index contributed by atoms with van der Waals surface area (Å²) in [5.74, 6) is -3.17. The van der Waals surface area contributed by atoms with Gasteiger partial charge in [-0.2, -0.15) is 0 Å². The van der Waals surface area contributed by atoms with E-state index in [1.807, 2.05) is 0 Å². The molecule has 18 heavy (non-hydrogen) atoms. The van der Waals surface area contributed by atoms with E-state index in [2.05, 4.69) is 5.32 Å². The fourth-order valence-electron chi connectivity index (χ4n) is 1.47. The third kappa shape index (κ3) is 3.44. The first-order chi connectivity index (χ1) is 8.45. The summed E-state index contributed by atoms with van der Waals surface area (Å²) in [6.45, 7) is 1.78. The van der Waals surface area contributed by atoms with Crippen LogP contribution in [0, 0.1) is 5.82 Å². The van der Waals surface area contributed by atoms with Crippen LogP contribution in [0.15, 0.2) is 18.2 Å². The third-order valence-electron chi connectivity index (χ3n) is 2.38. The molecule has 0 saturated carbocycles. The summed E-state index contributed by atoms with van der Waals surface area (Å²) in [5.41, 5.74) is -0.296. The highest BCUT2D eigenvalue weighted by Gasteiger charge is 2.21. The number of rotatable bonds is 5. The lowest BCUT2D eigenvalue weighted by Crippen LogP contribution is -2.40. The zero-order chi connectivity index (χ0) is 13.7. The van der Waals surface area contributed by atoms with Crippen molar-refractivity contribution in [2.24, 2.45) is 0 Å². The van der Waals surface area contributed by atoms with E-state index in [0.29, 0.717) is 6.42 Å². The number of carbonyl (C=O) groups is 2. The Hall–Kier alpha value is -2.11. The topological polar surface area (TPSA) is 86.6 Å². The normalized spacial score (nSPS) is 11.9. The Kier molecular flexibility index (Phi) is 4.65. The van der Waals surface area contributed by atoms with Crippen LogP contribution in [0.4, 0.5) is 4.39 Å². The highest BCUT2D eigenvalue weighted by Crippen LogP contribution is 2.15. The number of benzene rings is 1. The maximum absolute atomic E-state index is 13.4. The number of aliphatic carboxylic acids is 1. The largest absolute Gasteiger partial charge is 0.508 e. The Morgan fingerprint density at radius 3 is 2.61 bits per heavy atom. The lowest BCUT2D eigenvalue weighted by Gasteiger charge is -2.13. The van der Waals surface area contributed by atoms with Crippen LogP contribution in [-0.4, -0.2) is 28.1 Å². The van der Waals surface area contributed by atoms with Crippen molar-refractivity contribution in [2.45, 2.75) is 25.8 Å². The Balaban J connectivity index is 2.83. The van der Waals surface area contributed by atoms with Crippen LogP contribution in [0.2, 0.25) is 0 Å². The van der Waals surface area contributed by atoms with E-state index in [-0.39, 0.29) is 17.7 Å². The van der Waals surface area contributed by atoms with Crippen LogP contribution in [0.25, 0.3) is 0 Å². The maximum atomic E-state index is 13.4. The number of phenols is 1. The summed E-state index contributed by atoms with van der Waals surface area (Å²) >= 11 is 0. The van der Waals surface area contributed by atoms with Gasteiger partial charge in [-0.3, -0.25) is 4.79 Å². The van der Waals surface area contributed by atoms with Crippen molar-refractivity contribution in [1.82, 2.24) is 5.32 Å². The lowest BCUT2D eigenvalue weighted by atomic mass is 10.1.